The number of nitrogens with two attached hydrogens (primary N) is 1. The average molecular weight is 446 g/mol. The van der Waals surface area contributed by atoms with Crippen LogP contribution in [0.5, 0.6) is 11.5 Å². The minimum absolute atomic E-state index is 0.753. The molecule has 0 amide bonds. The van der Waals surface area contributed by atoms with Crippen molar-refractivity contribution in [2.75, 3.05) is 18.9 Å². The SMILES string of the molecule is CCCOc1cc2c(cc1Br)CCC2.CCCOc1cc2c(cc1N)CCC2. The Kier molecular flexibility index (Phi) is 7.66. The van der Waals surface area contributed by atoms with Crippen LogP contribution in [0.25, 0.3) is 0 Å². The minimum Gasteiger partial charge on any atom is -0.492 e. The molecule has 0 radical (unpaired) electrons. The molecule has 0 aromatic heterocycles. The van der Waals surface area contributed by atoms with E-state index in [9.17, 15) is 0 Å². The lowest BCUT2D eigenvalue weighted by molar-refractivity contribution is 0.315. The van der Waals surface area contributed by atoms with Crippen LogP contribution < -0.4 is 15.2 Å². The van der Waals surface area contributed by atoms with Gasteiger partial charge in [-0.2, -0.15) is 0 Å². The van der Waals surface area contributed by atoms with Gasteiger partial charge in [0.2, 0.25) is 0 Å². The molecular weight excluding hydrogens is 414 g/mol. The van der Waals surface area contributed by atoms with Crippen molar-refractivity contribution >= 4 is 21.6 Å². The molecule has 4 rings (SSSR count). The summed E-state index contributed by atoms with van der Waals surface area (Å²) in [5.41, 5.74) is 12.5. The number of nitrogen functional groups attached to an aromatic ring is 1. The number of rotatable bonds is 6. The van der Waals surface area contributed by atoms with Gasteiger partial charge in [-0.25, -0.2) is 0 Å². The molecular formula is C24H32BrNO2. The number of anilines is 1. The maximum atomic E-state index is 5.91. The molecule has 2 aromatic carbocycles. The Morgan fingerprint density at radius 1 is 0.750 bits per heavy atom. The standard InChI is InChI=1S/C12H15BrO.C12H17NO/c2*1-2-6-14-12-8-10-5-3-4-9(10)7-11(12)13/h7-8H,2-6H2,1H3;7-8H,2-6,13H2,1H3. The van der Waals surface area contributed by atoms with Crippen molar-refractivity contribution in [1.29, 1.82) is 0 Å². The summed E-state index contributed by atoms with van der Waals surface area (Å²) in [6.45, 7) is 5.78. The van der Waals surface area contributed by atoms with E-state index in [-0.39, 0.29) is 0 Å². The fraction of sp³-hybridized carbons (Fsp3) is 0.500. The van der Waals surface area contributed by atoms with Crippen molar-refractivity contribution in [2.24, 2.45) is 0 Å². The molecule has 0 aliphatic heterocycles. The van der Waals surface area contributed by atoms with Gasteiger partial charge < -0.3 is 15.2 Å². The van der Waals surface area contributed by atoms with Crippen molar-refractivity contribution in [3.8, 4) is 11.5 Å². The number of ether oxygens (including phenoxy) is 2. The van der Waals surface area contributed by atoms with Gasteiger partial charge >= 0.3 is 0 Å². The van der Waals surface area contributed by atoms with Crippen molar-refractivity contribution in [3.63, 3.8) is 0 Å². The van der Waals surface area contributed by atoms with Crippen LogP contribution in [-0.2, 0) is 25.7 Å². The third kappa shape index (κ3) is 5.22. The average Bonchev–Trinajstić information content (AvgIpc) is 3.33. The summed E-state index contributed by atoms with van der Waals surface area (Å²) in [6, 6.07) is 8.61. The molecule has 0 atom stereocenters. The van der Waals surface area contributed by atoms with Crippen LogP contribution >= 0.6 is 15.9 Å². The van der Waals surface area contributed by atoms with Crippen LogP contribution in [0.15, 0.2) is 28.7 Å². The van der Waals surface area contributed by atoms with Gasteiger partial charge in [0, 0.05) is 0 Å². The van der Waals surface area contributed by atoms with Crippen LogP contribution in [0.1, 0.15) is 61.8 Å². The third-order valence-corrected chi connectivity index (χ3v) is 5.91. The molecule has 0 fully saturated rings. The smallest absolute Gasteiger partial charge is 0.142 e. The first kappa shape index (κ1) is 21.0. The predicted octanol–water partition coefficient (Wildman–Crippen LogP) is 6.27. The molecule has 28 heavy (non-hydrogen) atoms. The van der Waals surface area contributed by atoms with Gasteiger partial charge in [-0.15, -0.1) is 0 Å². The van der Waals surface area contributed by atoms with Crippen molar-refractivity contribution < 1.29 is 9.47 Å². The Balaban J connectivity index is 0.000000161. The van der Waals surface area contributed by atoms with Gasteiger partial charge in [-0.3, -0.25) is 0 Å². The topological polar surface area (TPSA) is 44.5 Å². The van der Waals surface area contributed by atoms with Crippen molar-refractivity contribution in [2.45, 2.75) is 65.2 Å². The highest BCUT2D eigenvalue weighted by molar-refractivity contribution is 9.10. The number of hydrogen-bond donors (Lipinski definition) is 1. The maximum Gasteiger partial charge on any atom is 0.142 e. The largest absolute Gasteiger partial charge is 0.492 e. The Hall–Kier alpha value is -1.68. The zero-order valence-corrected chi connectivity index (χ0v) is 18.7. The number of halogens is 1. The fourth-order valence-electron chi connectivity index (χ4n) is 3.85. The first-order chi connectivity index (χ1) is 13.6. The first-order valence-corrected chi connectivity index (χ1v) is 11.4. The number of benzene rings is 2. The van der Waals surface area contributed by atoms with E-state index < -0.39 is 0 Å². The monoisotopic (exact) mass is 445 g/mol. The molecule has 2 aliphatic rings. The van der Waals surface area contributed by atoms with Crippen molar-refractivity contribution in [1.82, 2.24) is 0 Å². The first-order valence-electron chi connectivity index (χ1n) is 10.6. The van der Waals surface area contributed by atoms with E-state index in [1.807, 2.05) is 0 Å². The van der Waals surface area contributed by atoms with Gasteiger partial charge in [-0.1, -0.05) is 13.8 Å². The quantitative estimate of drug-likeness (QED) is 0.532. The molecule has 4 heteroatoms. The molecule has 0 saturated heterocycles. The molecule has 3 nitrogen and oxygen atoms in total. The summed E-state index contributed by atoms with van der Waals surface area (Å²) in [7, 11) is 0. The van der Waals surface area contributed by atoms with Gasteiger partial charge in [-0.05, 0) is 114 Å². The molecule has 2 N–H and O–H groups in total. The zero-order chi connectivity index (χ0) is 19.9. The van der Waals surface area contributed by atoms with Crippen LogP contribution in [0.4, 0.5) is 5.69 Å². The number of aryl methyl sites for hydroxylation is 4. The molecule has 2 aromatic rings. The lowest BCUT2D eigenvalue weighted by Gasteiger charge is -2.10. The van der Waals surface area contributed by atoms with Gasteiger partial charge in [0.1, 0.15) is 11.5 Å². The molecule has 0 spiro atoms. The van der Waals surface area contributed by atoms with Crippen LogP contribution in [0, 0.1) is 0 Å². The van der Waals surface area contributed by atoms with E-state index in [0.29, 0.717) is 0 Å². The number of hydrogen-bond acceptors (Lipinski definition) is 3. The predicted molar refractivity (Wildman–Crippen MR) is 121 cm³/mol. The second kappa shape index (κ2) is 10.2. The Labute approximate surface area is 177 Å². The highest BCUT2D eigenvalue weighted by atomic mass is 79.9. The Morgan fingerprint density at radius 3 is 1.79 bits per heavy atom. The minimum atomic E-state index is 0.753. The fourth-order valence-corrected chi connectivity index (χ4v) is 4.36. The van der Waals surface area contributed by atoms with E-state index in [1.54, 1.807) is 0 Å². The lowest BCUT2D eigenvalue weighted by Crippen LogP contribution is -2.00. The molecule has 2 aliphatic carbocycles. The highest BCUT2D eigenvalue weighted by Gasteiger charge is 2.15. The van der Waals surface area contributed by atoms with Crippen LogP contribution in [0.2, 0.25) is 0 Å². The Bertz CT molecular complexity index is 736. The molecule has 152 valence electrons. The van der Waals surface area contributed by atoms with Gasteiger partial charge in [0.25, 0.3) is 0 Å². The third-order valence-electron chi connectivity index (χ3n) is 5.29. The van der Waals surface area contributed by atoms with E-state index >= 15 is 0 Å². The van der Waals surface area contributed by atoms with Crippen molar-refractivity contribution in [3.05, 3.63) is 51.0 Å². The summed E-state index contributed by atoms with van der Waals surface area (Å²) in [4.78, 5) is 0. The Morgan fingerprint density at radius 2 is 1.21 bits per heavy atom. The summed E-state index contributed by atoms with van der Waals surface area (Å²) >= 11 is 3.56. The highest BCUT2D eigenvalue weighted by Crippen LogP contribution is 2.33. The van der Waals surface area contributed by atoms with Crippen LogP contribution in [-0.4, -0.2) is 13.2 Å². The molecule has 0 bridgehead atoms. The molecule has 0 saturated carbocycles. The van der Waals surface area contributed by atoms with Gasteiger partial charge in [0.15, 0.2) is 0 Å². The van der Waals surface area contributed by atoms with E-state index in [0.717, 1.165) is 47.7 Å². The van der Waals surface area contributed by atoms with Crippen LogP contribution in [0.3, 0.4) is 0 Å². The summed E-state index contributed by atoms with van der Waals surface area (Å²) < 4.78 is 12.4. The zero-order valence-electron chi connectivity index (χ0n) is 17.2. The second-order valence-electron chi connectivity index (χ2n) is 7.61. The number of fused-ring (bicyclic) bond motifs is 2. The van der Waals surface area contributed by atoms with Gasteiger partial charge in [0.05, 0.1) is 23.4 Å². The van der Waals surface area contributed by atoms with E-state index in [1.165, 1.54) is 60.8 Å². The summed E-state index contributed by atoms with van der Waals surface area (Å²) in [6.07, 6.45) is 9.42. The summed E-state index contributed by atoms with van der Waals surface area (Å²) in [5, 5.41) is 0. The van der Waals surface area contributed by atoms with E-state index in [2.05, 4.69) is 54.0 Å². The second-order valence-corrected chi connectivity index (χ2v) is 8.47. The molecule has 0 heterocycles. The summed E-state index contributed by atoms with van der Waals surface area (Å²) in [5.74, 6) is 1.88. The normalized spacial score (nSPS) is 14.1. The lowest BCUT2D eigenvalue weighted by atomic mass is 10.1. The maximum absolute atomic E-state index is 5.91. The van der Waals surface area contributed by atoms with E-state index in [4.69, 9.17) is 15.2 Å². The molecule has 0 unspecified atom stereocenters.